The smallest absolute Gasteiger partial charge is 0.242 e. The van der Waals surface area contributed by atoms with E-state index in [0.29, 0.717) is 16.6 Å². The van der Waals surface area contributed by atoms with Gasteiger partial charge in [0.2, 0.25) is 11.8 Å². The van der Waals surface area contributed by atoms with Gasteiger partial charge in [-0.2, -0.15) is 0 Å². The second-order valence-corrected chi connectivity index (χ2v) is 8.85. The molecule has 4 nitrogen and oxygen atoms in total. The molecule has 1 aliphatic carbocycles. The van der Waals surface area contributed by atoms with Crippen LogP contribution < -0.4 is 5.32 Å². The van der Waals surface area contributed by atoms with E-state index < -0.39 is 6.04 Å². The van der Waals surface area contributed by atoms with Crippen molar-refractivity contribution in [3.63, 3.8) is 0 Å². The van der Waals surface area contributed by atoms with Crippen molar-refractivity contribution in [2.45, 2.75) is 64.6 Å². The zero-order chi connectivity index (χ0) is 21.7. The van der Waals surface area contributed by atoms with Crippen molar-refractivity contribution in [1.82, 2.24) is 10.2 Å². The molecule has 0 bridgehead atoms. The van der Waals surface area contributed by atoms with Crippen LogP contribution in [0.15, 0.2) is 42.5 Å². The lowest BCUT2D eigenvalue weighted by Crippen LogP contribution is -2.50. The number of benzene rings is 2. The fraction of sp³-hybridized carbons (Fsp3) is 0.417. The molecule has 30 heavy (non-hydrogen) atoms. The van der Waals surface area contributed by atoms with Crippen molar-refractivity contribution in [2.24, 2.45) is 0 Å². The number of hydrogen-bond acceptors (Lipinski definition) is 2. The lowest BCUT2D eigenvalue weighted by Gasteiger charge is -2.30. The molecule has 0 heterocycles. The standard InChI is InChI=1S/C24H28Cl2N2O2/c1-16-7-3-4-8-19(16)15-28(17(2)24(30)27-20-9-5-6-10-20)23(29)14-18-11-12-21(25)22(26)13-18/h3-4,7-8,11-13,17,20H,5-6,9-10,14-15H2,1-2H3,(H,27,30)/t17-/m1/s1. The van der Waals surface area contributed by atoms with Crippen LogP contribution in [0.25, 0.3) is 0 Å². The summed E-state index contributed by atoms with van der Waals surface area (Å²) in [4.78, 5) is 27.9. The first-order chi connectivity index (χ1) is 14.3. The van der Waals surface area contributed by atoms with E-state index in [1.807, 2.05) is 31.2 Å². The van der Waals surface area contributed by atoms with Crippen molar-refractivity contribution < 1.29 is 9.59 Å². The number of nitrogens with one attached hydrogen (secondary N) is 1. The van der Waals surface area contributed by atoms with Crippen molar-refractivity contribution in [1.29, 1.82) is 0 Å². The van der Waals surface area contributed by atoms with Gasteiger partial charge in [0.15, 0.2) is 0 Å². The Balaban J connectivity index is 1.79. The van der Waals surface area contributed by atoms with Gasteiger partial charge in [-0.3, -0.25) is 9.59 Å². The molecule has 0 spiro atoms. The third-order valence-electron chi connectivity index (χ3n) is 5.81. The summed E-state index contributed by atoms with van der Waals surface area (Å²) in [6, 6.07) is 12.8. The summed E-state index contributed by atoms with van der Waals surface area (Å²) in [5.41, 5.74) is 2.89. The predicted molar refractivity (Wildman–Crippen MR) is 122 cm³/mol. The predicted octanol–water partition coefficient (Wildman–Crippen LogP) is 5.32. The van der Waals surface area contributed by atoms with Gasteiger partial charge in [-0.25, -0.2) is 0 Å². The molecule has 0 unspecified atom stereocenters. The Morgan fingerprint density at radius 1 is 1.10 bits per heavy atom. The monoisotopic (exact) mass is 446 g/mol. The van der Waals surface area contributed by atoms with Crippen molar-refractivity contribution >= 4 is 35.0 Å². The molecular formula is C24H28Cl2N2O2. The van der Waals surface area contributed by atoms with Crippen LogP contribution in [0.4, 0.5) is 0 Å². The van der Waals surface area contributed by atoms with E-state index in [4.69, 9.17) is 23.2 Å². The molecule has 3 rings (SSSR count). The minimum absolute atomic E-state index is 0.0991. The minimum atomic E-state index is -0.569. The van der Waals surface area contributed by atoms with Crippen LogP contribution in [-0.4, -0.2) is 28.8 Å². The summed E-state index contributed by atoms with van der Waals surface area (Å²) < 4.78 is 0. The molecule has 2 aromatic rings. The summed E-state index contributed by atoms with van der Waals surface area (Å²) in [5.74, 6) is -0.219. The first-order valence-corrected chi connectivity index (χ1v) is 11.2. The molecule has 160 valence electrons. The fourth-order valence-corrected chi connectivity index (χ4v) is 4.19. The Labute approximate surface area is 188 Å². The van der Waals surface area contributed by atoms with E-state index in [9.17, 15) is 9.59 Å². The molecule has 1 N–H and O–H groups in total. The quantitative estimate of drug-likeness (QED) is 0.625. The van der Waals surface area contributed by atoms with E-state index in [-0.39, 0.29) is 24.3 Å². The van der Waals surface area contributed by atoms with Gasteiger partial charge in [-0.15, -0.1) is 0 Å². The number of nitrogens with zero attached hydrogens (tertiary/aromatic N) is 1. The SMILES string of the molecule is Cc1ccccc1CN(C(=O)Cc1ccc(Cl)c(Cl)c1)[C@H](C)C(=O)NC1CCCC1. The Hall–Kier alpha value is -2.04. The van der Waals surface area contributed by atoms with Crippen LogP contribution >= 0.6 is 23.2 Å². The fourth-order valence-electron chi connectivity index (χ4n) is 3.87. The van der Waals surface area contributed by atoms with Crippen molar-refractivity contribution in [3.8, 4) is 0 Å². The van der Waals surface area contributed by atoms with E-state index >= 15 is 0 Å². The zero-order valence-corrected chi connectivity index (χ0v) is 19.0. The van der Waals surface area contributed by atoms with Gasteiger partial charge < -0.3 is 10.2 Å². The van der Waals surface area contributed by atoms with Crippen molar-refractivity contribution in [3.05, 3.63) is 69.2 Å². The second-order valence-electron chi connectivity index (χ2n) is 8.04. The molecule has 2 aromatic carbocycles. The third-order valence-corrected chi connectivity index (χ3v) is 6.55. The molecule has 2 amide bonds. The van der Waals surface area contributed by atoms with E-state index in [1.54, 1.807) is 30.0 Å². The van der Waals surface area contributed by atoms with Gasteiger partial charge in [0.05, 0.1) is 16.5 Å². The third kappa shape index (κ3) is 5.77. The van der Waals surface area contributed by atoms with Gasteiger partial charge >= 0.3 is 0 Å². The maximum atomic E-state index is 13.3. The number of halogens is 2. The van der Waals surface area contributed by atoms with Crippen LogP contribution in [0.1, 0.15) is 49.3 Å². The number of carbonyl (C=O) groups excluding carboxylic acids is 2. The van der Waals surface area contributed by atoms with Crippen LogP contribution in [0.5, 0.6) is 0 Å². The summed E-state index contributed by atoms with van der Waals surface area (Å²) in [6.45, 7) is 4.20. The molecule has 0 aliphatic heterocycles. The lowest BCUT2D eigenvalue weighted by atomic mass is 10.1. The van der Waals surface area contributed by atoms with E-state index in [2.05, 4.69) is 5.32 Å². The average Bonchev–Trinajstić information content (AvgIpc) is 3.22. The number of rotatable bonds is 7. The van der Waals surface area contributed by atoms with E-state index in [0.717, 1.165) is 42.4 Å². The number of aryl methyl sites for hydroxylation is 1. The van der Waals surface area contributed by atoms with Gasteiger partial charge in [-0.1, -0.05) is 66.4 Å². The van der Waals surface area contributed by atoms with Gasteiger partial charge in [0.1, 0.15) is 6.04 Å². The molecule has 0 aromatic heterocycles. The first kappa shape index (κ1) is 22.6. The second kappa shape index (κ2) is 10.3. The number of hydrogen-bond donors (Lipinski definition) is 1. The lowest BCUT2D eigenvalue weighted by molar-refractivity contribution is -0.140. The Morgan fingerprint density at radius 3 is 2.47 bits per heavy atom. The van der Waals surface area contributed by atoms with E-state index in [1.165, 1.54) is 0 Å². The highest BCUT2D eigenvalue weighted by atomic mass is 35.5. The largest absolute Gasteiger partial charge is 0.352 e. The number of amides is 2. The maximum absolute atomic E-state index is 13.3. The molecule has 0 saturated heterocycles. The molecule has 6 heteroatoms. The minimum Gasteiger partial charge on any atom is -0.352 e. The number of carbonyl (C=O) groups is 2. The highest BCUT2D eigenvalue weighted by Crippen LogP contribution is 2.24. The van der Waals surface area contributed by atoms with Crippen molar-refractivity contribution in [2.75, 3.05) is 0 Å². The van der Waals surface area contributed by atoms with Crippen LogP contribution in [-0.2, 0) is 22.6 Å². The van der Waals surface area contributed by atoms with Crippen LogP contribution in [0.2, 0.25) is 10.0 Å². The Morgan fingerprint density at radius 2 is 1.80 bits per heavy atom. The summed E-state index contributed by atoms with van der Waals surface area (Å²) >= 11 is 12.1. The van der Waals surface area contributed by atoms with Crippen LogP contribution in [0, 0.1) is 6.92 Å². The molecule has 1 saturated carbocycles. The molecule has 1 aliphatic rings. The topological polar surface area (TPSA) is 49.4 Å². The van der Waals surface area contributed by atoms with Crippen LogP contribution in [0.3, 0.4) is 0 Å². The first-order valence-electron chi connectivity index (χ1n) is 10.4. The normalized spacial score (nSPS) is 15.1. The summed E-state index contributed by atoms with van der Waals surface area (Å²) in [7, 11) is 0. The summed E-state index contributed by atoms with van der Waals surface area (Å²) in [6.07, 6.45) is 4.45. The Bertz CT molecular complexity index is 910. The van der Waals surface area contributed by atoms with Gasteiger partial charge in [-0.05, 0) is 55.5 Å². The molecular weight excluding hydrogens is 419 g/mol. The average molecular weight is 447 g/mol. The van der Waals surface area contributed by atoms with Gasteiger partial charge in [0.25, 0.3) is 0 Å². The molecule has 1 fully saturated rings. The highest BCUT2D eigenvalue weighted by Gasteiger charge is 2.28. The Kier molecular flexibility index (Phi) is 7.79. The highest BCUT2D eigenvalue weighted by molar-refractivity contribution is 6.42. The molecule has 0 radical (unpaired) electrons. The maximum Gasteiger partial charge on any atom is 0.242 e. The summed E-state index contributed by atoms with van der Waals surface area (Å²) in [5, 5.41) is 3.99. The zero-order valence-electron chi connectivity index (χ0n) is 17.5. The van der Waals surface area contributed by atoms with Gasteiger partial charge in [0, 0.05) is 12.6 Å². The molecule has 1 atom stereocenters.